The number of aliphatic carboxylic acids is 1. The van der Waals surface area contributed by atoms with Gasteiger partial charge in [-0.3, -0.25) is 0 Å². The Hall–Kier alpha value is -1.63. The number of aryl methyl sites for hydroxylation is 1. The number of carbonyl (C=O) groups excluding carboxylic acids is 1. The predicted octanol–water partition coefficient (Wildman–Crippen LogP) is 1.92. The average molecular weight is 285 g/mol. The Morgan fingerprint density at radius 3 is 2.37 bits per heavy atom. The lowest BCUT2D eigenvalue weighted by atomic mass is 10.1. The summed E-state index contributed by atoms with van der Waals surface area (Å²) in [6, 6.07) is -1.65. The molecular weight excluding hydrogens is 266 g/mol. The zero-order valence-corrected chi connectivity index (χ0v) is 12.2. The van der Waals surface area contributed by atoms with Crippen LogP contribution in [0.4, 0.5) is 4.79 Å². The summed E-state index contributed by atoms with van der Waals surface area (Å²) in [4.78, 5) is 28.0. The largest absolute Gasteiger partial charge is 0.480 e. The molecule has 0 aromatic carbocycles. The molecule has 0 aliphatic rings. The summed E-state index contributed by atoms with van der Waals surface area (Å²) in [5.74, 6) is -1.22. The van der Waals surface area contributed by atoms with Crippen LogP contribution in [0.15, 0.2) is 6.20 Å². The standard InChI is InChI=1S/C12H19N3O3S/c1-6(2)9(11(16)17)15-12(18)14-8(4)10-13-5-7(3)19-10/h5-6,8-9H,1-4H3,(H,16,17)(H2,14,15,18)/t8?,9-/m1/s1. The Kier molecular flexibility index (Phi) is 5.29. The topological polar surface area (TPSA) is 91.3 Å². The zero-order chi connectivity index (χ0) is 14.6. The van der Waals surface area contributed by atoms with Gasteiger partial charge in [-0.15, -0.1) is 11.3 Å². The summed E-state index contributed by atoms with van der Waals surface area (Å²) < 4.78 is 0. The highest BCUT2D eigenvalue weighted by atomic mass is 32.1. The van der Waals surface area contributed by atoms with Gasteiger partial charge in [0.05, 0.1) is 6.04 Å². The van der Waals surface area contributed by atoms with Crippen molar-refractivity contribution in [2.45, 2.75) is 39.8 Å². The number of rotatable bonds is 5. The maximum atomic E-state index is 11.7. The molecule has 2 amide bonds. The first-order chi connectivity index (χ1) is 8.81. The minimum atomic E-state index is -1.04. The van der Waals surface area contributed by atoms with Crippen molar-refractivity contribution in [1.82, 2.24) is 15.6 Å². The fourth-order valence-corrected chi connectivity index (χ4v) is 2.30. The highest BCUT2D eigenvalue weighted by Gasteiger charge is 2.24. The highest BCUT2D eigenvalue weighted by Crippen LogP contribution is 2.18. The van der Waals surface area contributed by atoms with E-state index >= 15 is 0 Å². The molecule has 106 valence electrons. The van der Waals surface area contributed by atoms with Crippen molar-refractivity contribution < 1.29 is 14.7 Å². The van der Waals surface area contributed by atoms with Gasteiger partial charge in [-0.2, -0.15) is 0 Å². The molecule has 0 spiro atoms. The van der Waals surface area contributed by atoms with Crippen LogP contribution in [0.1, 0.15) is 36.7 Å². The molecule has 0 fully saturated rings. The summed E-state index contributed by atoms with van der Waals surface area (Å²) in [5.41, 5.74) is 0. The van der Waals surface area contributed by atoms with E-state index < -0.39 is 18.0 Å². The minimum absolute atomic E-state index is 0.180. The van der Waals surface area contributed by atoms with E-state index in [1.54, 1.807) is 20.0 Å². The SMILES string of the molecule is Cc1cnc(C(C)NC(=O)N[C@@H](C(=O)O)C(C)C)s1. The molecule has 0 aliphatic carbocycles. The number of hydrogen-bond donors (Lipinski definition) is 3. The Bertz CT molecular complexity index is 459. The van der Waals surface area contributed by atoms with Crippen molar-refractivity contribution in [1.29, 1.82) is 0 Å². The lowest BCUT2D eigenvalue weighted by Crippen LogP contribution is -2.49. The molecule has 1 heterocycles. The van der Waals surface area contributed by atoms with Gasteiger partial charge >= 0.3 is 12.0 Å². The van der Waals surface area contributed by atoms with E-state index in [9.17, 15) is 9.59 Å². The van der Waals surface area contributed by atoms with Crippen LogP contribution in [0.5, 0.6) is 0 Å². The number of nitrogens with one attached hydrogen (secondary N) is 2. The number of carbonyl (C=O) groups is 2. The van der Waals surface area contributed by atoms with Crippen LogP contribution in [-0.2, 0) is 4.79 Å². The second-order valence-electron chi connectivity index (χ2n) is 4.71. The van der Waals surface area contributed by atoms with Gasteiger partial charge < -0.3 is 15.7 Å². The third-order valence-electron chi connectivity index (χ3n) is 2.58. The van der Waals surface area contributed by atoms with E-state index in [1.165, 1.54) is 11.3 Å². The van der Waals surface area contributed by atoms with Gasteiger partial charge in [-0.05, 0) is 19.8 Å². The molecule has 6 nitrogen and oxygen atoms in total. The lowest BCUT2D eigenvalue weighted by molar-refractivity contribution is -0.140. The van der Waals surface area contributed by atoms with Crippen molar-refractivity contribution in [3.63, 3.8) is 0 Å². The molecule has 1 unspecified atom stereocenters. The second-order valence-corrected chi connectivity index (χ2v) is 5.97. The highest BCUT2D eigenvalue weighted by molar-refractivity contribution is 7.11. The van der Waals surface area contributed by atoms with Crippen LogP contribution >= 0.6 is 11.3 Å². The summed E-state index contributed by atoms with van der Waals surface area (Å²) in [6.45, 7) is 7.23. The van der Waals surface area contributed by atoms with E-state index in [0.29, 0.717) is 0 Å². The van der Waals surface area contributed by atoms with Crippen molar-refractivity contribution in [2.24, 2.45) is 5.92 Å². The van der Waals surface area contributed by atoms with E-state index in [2.05, 4.69) is 15.6 Å². The zero-order valence-electron chi connectivity index (χ0n) is 11.4. The number of urea groups is 1. The monoisotopic (exact) mass is 285 g/mol. The second kappa shape index (κ2) is 6.51. The van der Waals surface area contributed by atoms with Crippen LogP contribution in [0.2, 0.25) is 0 Å². The summed E-state index contributed by atoms with van der Waals surface area (Å²) in [6.07, 6.45) is 1.74. The molecule has 19 heavy (non-hydrogen) atoms. The number of carboxylic acid groups (broad SMARTS) is 1. The van der Waals surface area contributed by atoms with Gasteiger partial charge in [0, 0.05) is 11.1 Å². The van der Waals surface area contributed by atoms with Crippen molar-refractivity contribution in [3.8, 4) is 0 Å². The van der Waals surface area contributed by atoms with Crippen LogP contribution in [0.25, 0.3) is 0 Å². The molecule has 0 bridgehead atoms. The molecule has 1 aromatic rings. The van der Waals surface area contributed by atoms with Crippen LogP contribution in [0.3, 0.4) is 0 Å². The molecule has 1 rings (SSSR count). The number of thiazole rings is 1. The number of nitrogens with zero attached hydrogens (tertiary/aromatic N) is 1. The van der Waals surface area contributed by atoms with Crippen LogP contribution < -0.4 is 10.6 Å². The fraction of sp³-hybridized carbons (Fsp3) is 0.583. The van der Waals surface area contributed by atoms with Gasteiger partial charge in [-0.1, -0.05) is 13.8 Å². The minimum Gasteiger partial charge on any atom is -0.480 e. The number of carboxylic acids is 1. The van der Waals surface area contributed by atoms with Crippen LogP contribution in [0, 0.1) is 12.8 Å². The average Bonchev–Trinajstić information content (AvgIpc) is 2.72. The van der Waals surface area contributed by atoms with Crippen LogP contribution in [-0.4, -0.2) is 28.1 Å². The summed E-state index contributed by atoms with van der Waals surface area (Å²) in [5, 5.41) is 14.9. The van der Waals surface area contributed by atoms with Crippen molar-refractivity contribution in [2.75, 3.05) is 0 Å². The van der Waals surface area contributed by atoms with Crippen molar-refractivity contribution in [3.05, 3.63) is 16.1 Å². The molecular formula is C12H19N3O3S. The van der Waals surface area contributed by atoms with Gasteiger partial charge in [0.2, 0.25) is 0 Å². The number of hydrogen-bond acceptors (Lipinski definition) is 4. The third kappa shape index (κ3) is 4.51. The van der Waals surface area contributed by atoms with Gasteiger partial charge in [0.1, 0.15) is 11.0 Å². The molecule has 3 N–H and O–H groups in total. The maximum Gasteiger partial charge on any atom is 0.326 e. The number of amides is 2. The Labute approximate surface area is 116 Å². The molecule has 0 aliphatic heterocycles. The van der Waals surface area contributed by atoms with E-state index in [4.69, 9.17) is 5.11 Å². The smallest absolute Gasteiger partial charge is 0.326 e. The first kappa shape index (κ1) is 15.4. The quantitative estimate of drug-likeness (QED) is 0.770. The molecule has 2 atom stereocenters. The number of aromatic nitrogens is 1. The first-order valence-electron chi connectivity index (χ1n) is 6.03. The maximum absolute atomic E-state index is 11.7. The summed E-state index contributed by atoms with van der Waals surface area (Å²) in [7, 11) is 0. The fourth-order valence-electron chi connectivity index (χ4n) is 1.53. The van der Waals surface area contributed by atoms with E-state index in [-0.39, 0.29) is 12.0 Å². The Balaban J connectivity index is 2.57. The first-order valence-corrected chi connectivity index (χ1v) is 6.85. The molecule has 0 saturated carbocycles. The van der Waals surface area contributed by atoms with Gasteiger partial charge in [0.15, 0.2) is 0 Å². The van der Waals surface area contributed by atoms with Gasteiger partial charge in [-0.25, -0.2) is 14.6 Å². The lowest BCUT2D eigenvalue weighted by Gasteiger charge is -2.19. The third-order valence-corrected chi connectivity index (χ3v) is 3.67. The normalized spacial score (nSPS) is 13.9. The molecule has 0 saturated heterocycles. The van der Waals surface area contributed by atoms with E-state index in [0.717, 1.165) is 9.88 Å². The Morgan fingerprint density at radius 1 is 1.32 bits per heavy atom. The van der Waals surface area contributed by atoms with Gasteiger partial charge in [0.25, 0.3) is 0 Å². The van der Waals surface area contributed by atoms with Crippen molar-refractivity contribution >= 4 is 23.3 Å². The van der Waals surface area contributed by atoms with E-state index in [1.807, 2.05) is 13.8 Å². The molecule has 0 radical (unpaired) electrons. The predicted molar refractivity (Wildman–Crippen MR) is 73.2 cm³/mol. The summed E-state index contributed by atoms with van der Waals surface area (Å²) >= 11 is 1.50. The molecule has 7 heteroatoms. The molecule has 1 aromatic heterocycles. The Morgan fingerprint density at radius 2 is 1.95 bits per heavy atom.